The van der Waals surface area contributed by atoms with Crippen molar-refractivity contribution in [2.45, 2.75) is 19.9 Å². The van der Waals surface area contributed by atoms with E-state index in [1.165, 1.54) is 6.08 Å². The third-order valence-corrected chi connectivity index (χ3v) is 2.49. The highest BCUT2D eigenvalue weighted by Crippen LogP contribution is 2.36. The Kier molecular flexibility index (Phi) is 2.24. The zero-order chi connectivity index (χ0) is 9.35. The summed E-state index contributed by atoms with van der Waals surface area (Å²) in [6.07, 6.45) is 1.29. The van der Waals surface area contributed by atoms with E-state index in [0.29, 0.717) is 6.54 Å². The van der Waals surface area contributed by atoms with E-state index < -0.39 is 0 Å². The molecule has 0 saturated carbocycles. The summed E-state index contributed by atoms with van der Waals surface area (Å²) in [5.41, 5.74) is 0.0490. The van der Waals surface area contributed by atoms with Gasteiger partial charge in [0, 0.05) is 12.0 Å². The van der Waals surface area contributed by atoms with Gasteiger partial charge in [-0.3, -0.25) is 4.79 Å². The standard InChI is InChI=1S/C9H15NO2/c1-4-8(12)10-6-9(2,3)7(10)5-11/h4,7,11H,1,5-6H2,2-3H3. The van der Waals surface area contributed by atoms with Gasteiger partial charge in [-0.2, -0.15) is 0 Å². The number of aliphatic hydroxyl groups excluding tert-OH is 1. The molecule has 0 spiro atoms. The van der Waals surface area contributed by atoms with Crippen LogP contribution in [-0.2, 0) is 4.79 Å². The molecule has 3 nitrogen and oxygen atoms in total. The van der Waals surface area contributed by atoms with Gasteiger partial charge in [0.15, 0.2) is 0 Å². The number of amides is 1. The summed E-state index contributed by atoms with van der Waals surface area (Å²) in [5, 5.41) is 9.01. The smallest absolute Gasteiger partial charge is 0.246 e. The SMILES string of the molecule is C=CC(=O)N1CC(C)(C)C1CO. The summed E-state index contributed by atoms with van der Waals surface area (Å²) in [4.78, 5) is 12.8. The lowest BCUT2D eigenvalue weighted by Crippen LogP contribution is -2.65. The molecule has 0 aliphatic carbocycles. The molecular formula is C9H15NO2. The molecule has 1 aliphatic heterocycles. The number of hydrogen-bond donors (Lipinski definition) is 1. The van der Waals surface area contributed by atoms with E-state index >= 15 is 0 Å². The molecule has 1 heterocycles. The van der Waals surface area contributed by atoms with Gasteiger partial charge < -0.3 is 10.0 Å². The Hall–Kier alpha value is -0.830. The van der Waals surface area contributed by atoms with Gasteiger partial charge in [0.1, 0.15) is 0 Å². The second kappa shape index (κ2) is 2.90. The summed E-state index contributed by atoms with van der Waals surface area (Å²) in [5.74, 6) is -0.0895. The monoisotopic (exact) mass is 169 g/mol. The number of nitrogens with zero attached hydrogens (tertiary/aromatic N) is 1. The molecule has 68 valence electrons. The maximum atomic E-state index is 11.1. The Labute approximate surface area is 72.7 Å². The van der Waals surface area contributed by atoms with Crippen LogP contribution < -0.4 is 0 Å². The second-order valence-electron chi connectivity index (χ2n) is 3.86. The predicted octanol–water partition coefficient (Wildman–Crippen LogP) is 0.402. The largest absolute Gasteiger partial charge is 0.394 e. The van der Waals surface area contributed by atoms with Crippen LogP contribution in [0.25, 0.3) is 0 Å². The van der Waals surface area contributed by atoms with Gasteiger partial charge in [0.05, 0.1) is 12.6 Å². The quantitative estimate of drug-likeness (QED) is 0.608. The van der Waals surface area contributed by atoms with E-state index in [1.54, 1.807) is 4.90 Å². The molecule has 0 aromatic heterocycles. The highest BCUT2D eigenvalue weighted by Gasteiger charge is 2.46. The van der Waals surface area contributed by atoms with Gasteiger partial charge >= 0.3 is 0 Å². The van der Waals surface area contributed by atoms with Crippen LogP contribution in [0.5, 0.6) is 0 Å². The summed E-state index contributed by atoms with van der Waals surface area (Å²) in [7, 11) is 0. The summed E-state index contributed by atoms with van der Waals surface area (Å²) >= 11 is 0. The molecule has 0 aromatic carbocycles. The van der Waals surface area contributed by atoms with Gasteiger partial charge in [-0.15, -0.1) is 0 Å². The first-order valence-electron chi connectivity index (χ1n) is 4.07. The highest BCUT2D eigenvalue weighted by atomic mass is 16.3. The predicted molar refractivity (Wildman–Crippen MR) is 46.6 cm³/mol. The van der Waals surface area contributed by atoms with Crippen molar-refractivity contribution in [3.05, 3.63) is 12.7 Å². The first-order chi connectivity index (χ1) is 5.53. The van der Waals surface area contributed by atoms with Gasteiger partial charge in [0.2, 0.25) is 5.91 Å². The van der Waals surface area contributed by atoms with Gasteiger partial charge in [-0.25, -0.2) is 0 Å². The molecule has 0 aromatic rings. The molecule has 0 bridgehead atoms. The van der Waals surface area contributed by atoms with Crippen molar-refractivity contribution in [2.75, 3.05) is 13.2 Å². The minimum absolute atomic E-state index is 0.0343. The van der Waals surface area contributed by atoms with Crippen LogP contribution in [0.1, 0.15) is 13.8 Å². The van der Waals surface area contributed by atoms with Crippen LogP contribution >= 0.6 is 0 Å². The molecule has 3 heteroatoms. The van der Waals surface area contributed by atoms with Gasteiger partial charge in [-0.1, -0.05) is 20.4 Å². The maximum absolute atomic E-state index is 11.1. The fourth-order valence-corrected chi connectivity index (χ4v) is 1.66. The van der Waals surface area contributed by atoms with E-state index in [1.807, 2.05) is 13.8 Å². The summed E-state index contributed by atoms with van der Waals surface area (Å²) in [6, 6.07) is -0.0389. The minimum Gasteiger partial charge on any atom is -0.394 e. The molecule has 1 rings (SSSR count). The molecular weight excluding hydrogens is 154 g/mol. The lowest BCUT2D eigenvalue weighted by atomic mass is 9.75. The van der Waals surface area contributed by atoms with E-state index in [4.69, 9.17) is 5.11 Å². The van der Waals surface area contributed by atoms with E-state index in [2.05, 4.69) is 6.58 Å². The minimum atomic E-state index is -0.0895. The van der Waals surface area contributed by atoms with Crippen molar-refractivity contribution in [2.24, 2.45) is 5.41 Å². The molecule has 1 aliphatic rings. The number of carbonyl (C=O) groups excluding carboxylic acids is 1. The third kappa shape index (κ3) is 1.25. The van der Waals surface area contributed by atoms with Crippen LogP contribution in [0.3, 0.4) is 0 Å². The molecule has 1 saturated heterocycles. The van der Waals surface area contributed by atoms with Crippen molar-refractivity contribution in [3.8, 4) is 0 Å². The molecule has 12 heavy (non-hydrogen) atoms. The Bertz CT molecular complexity index is 211. The van der Waals surface area contributed by atoms with Crippen LogP contribution in [0, 0.1) is 5.41 Å². The Morgan fingerprint density at radius 2 is 2.42 bits per heavy atom. The third-order valence-electron chi connectivity index (χ3n) is 2.49. The zero-order valence-corrected chi connectivity index (χ0v) is 7.58. The number of rotatable bonds is 2. The lowest BCUT2D eigenvalue weighted by molar-refractivity contribution is -0.149. The average molecular weight is 169 g/mol. The summed E-state index contributed by atoms with van der Waals surface area (Å²) in [6.45, 7) is 8.24. The Morgan fingerprint density at radius 3 is 2.75 bits per heavy atom. The Balaban J connectivity index is 2.63. The molecule has 1 unspecified atom stereocenters. The van der Waals surface area contributed by atoms with Gasteiger partial charge in [-0.05, 0) is 6.08 Å². The fraction of sp³-hybridized carbons (Fsp3) is 0.667. The van der Waals surface area contributed by atoms with Crippen LogP contribution in [-0.4, -0.2) is 35.1 Å². The Morgan fingerprint density at radius 1 is 1.83 bits per heavy atom. The van der Waals surface area contributed by atoms with Crippen molar-refractivity contribution >= 4 is 5.91 Å². The topological polar surface area (TPSA) is 40.5 Å². The van der Waals surface area contributed by atoms with Crippen LogP contribution in [0.2, 0.25) is 0 Å². The molecule has 1 fully saturated rings. The molecule has 1 N–H and O–H groups in total. The highest BCUT2D eigenvalue weighted by molar-refractivity contribution is 5.88. The molecule has 1 atom stereocenters. The normalized spacial score (nSPS) is 26.2. The van der Waals surface area contributed by atoms with E-state index in [9.17, 15) is 4.79 Å². The van der Waals surface area contributed by atoms with Crippen molar-refractivity contribution in [1.29, 1.82) is 0 Å². The van der Waals surface area contributed by atoms with Crippen molar-refractivity contribution in [1.82, 2.24) is 4.90 Å². The fourth-order valence-electron chi connectivity index (χ4n) is 1.66. The number of aliphatic hydroxyl groups is 1. The van der Waals surface area contributed by atoms with Crippen molar-refractivity contribution in [3.63, 3.8) is 0 Å². The second-order valence-corrected chi connectivity index (χ2v) is 3.86. The lowest BCUT2D eigenvalue weighted by Gasteiger charge is -2.53. The van der Waals surface area contributed by atoms with E-state index in [-0.39, 0.29) is 24.0 Å². The first-order valence-corrected chi connectivity index (χ1v) is 4.07. The zero-order valence-electron chi connectivity index (χ0n) is 7.58. The first kappa shape index (κ1) is 9.26. The van der Waals surface area contributed by atoms with Crippen molar-refractivity contribution < 1.29 is 9.90 Å². The maximum Gasteiger partial charge on any atom is 0.246 e. The molecule has 1 amide bonds. The number of hydrogen-bond acceptors (Lipinski definition) is 2. The van der Waals surface area contributed by atoms with Gasteiger partial charge in [0.25, 0.3) is 0 Å². The number of likely N-dealkylation sites (tertiary alicyclic amines) is 1. The van der Waals surface area contributed by atoms with Crippen LogP contribution in [0.15, 0.2) is 12.7 Å². The number of carbonyl (C=O) groups is 1. The van der Waals surface area contributed by atoms with E-state index in [0.717, 1.165) is 0 Å². The summed E-state index contributed by atoms with van der Waals surface area (Å²) < 4.78 is 0. The van der Waals surface area contributed by atoms with Crippen LogP contribution in [0.4, 0.5) is 0 Å². The average Bonchev–Trinajstić information content (AvgIpc) is 2.00. The molecule has 0 radical (unpaired) electrons.